The lowest BCUT2D eigenvalue weighted by Crippen LogP contribution is -2.10. The van der Waals surface area contributed by atoms with Crippen molar-refractivity contribution in [3.05, 3.63) is 206 Å². The summed E-state index contributed by atoms with van der Waals surface area (Å²) in [4.78, 5) is 2.46. The van der Waals surface area contributed by atoms with Gasteiger partial charge in [0.15, 0.2) is 0 Å². The Kier molecular flexibility index (Phi) is 7.13. The molecule has 0 aliphatic rings. The van der Waals surface area contributed by atoms with Gasteiger partial charge in [-0.3, -0.25) is 0 Å². The van der Waals surface area contributed by atoms with Crippen LogP contribution in [0.5, 0.6) is 0 Å². The number of aromatic nitrogens is 1. The van der Waals surface area contributed by atoms with Crippen LogP contribution in [0.1, 0.15) is 0 Å². The van der Waals surface area contributed by atoms with Crippen LogP contribution < -0.4 is 4.90 Å². The van der Waals surface area contributed by atoms with E-state index in [0.29, 0.717) is 0 Å². The Bertz CT molecular complexity index is 3490. The van der Waals surface area contributed by atoms with E-state index >= 15 is 0 Å². The SMILES string of the molecule is c1ccc(-n2c3ccccc3c3cc(-c4ccc(N(c5ccc6c7ccccc7c7ccccc7c6c5)c5cccc6c5sc5ccccc56)cc4)ccc32)cc1. The van der Waals surface area contributed by atoms with E-state index in [-0.39, 0.29) is 0 Å². The zero-order valence-electron chi connectivity index (χ0n) is 30.9. The van der Waals surface area contributed by atoms with Crippen molar-refractivity contribution >= 4 is 103 Å². The third-order valence-electron chi connectivity index (χ3n) is 11.8. The average Bonchev–Trinajstić information content (AvgIpc) is 3.83. The van der Waals surface area contributed by atoms with Gasteiger partial charge in [-0.15, -0.1) is 11.3 Å². The molecule has 0 saturated carbocycles. The van der Waals surface area contributed by atoms with E-state index in [0.717, 1.165) is 11.4 Å². The van der Waals surface area contributed by atoms with Crippen molar-refractivity contribution in [2.75, 3.05) is 4.90 Å². The van der Waals surface area contributed by atoms with Crippen molar-refractivity contribution in [3.8, 4) is 16.8 Å². The number of fused-ring (bicyclic) bond motifs is 12. The molecule has 0 radical (unpaired) electrons. The summed E-state index contributed by atoms with van der Waals surface area (Å²) in [6.07, 6.45) is 0. The predicted octanol–water partition coefficient (Wildman–Crippen LogP) is 15.7. The molecule has 3 heteroatoms. The van der Waals surface area contributed by atoms with Gasteiger partial charge in [0.2, 0.25) is 0 Å². The lowest BCUT2D eigenvalue weighted by atomic mass is 9.94. The maximum atomic E-state index is 2.46. The second-order valence-corrected chi connectivity index (χ2v) is 15.9. The van der Waals surface area contributed by atoms with Crippen molar-refractivity contribution < 1.29 is 0 Å². The maximum Gasteiger partial charge on any atom is 0.0640 e. The summed E-state index contributed by atoms with van der Waals surface area (Å²) in [6, 6.07) is 75.7. The van der Waals surface area contributed by atoms with Crippen molar-refractivity contribution in [1.29, 1.82) is 0 Å². The van der Waals surface area contributed by atoms with E-state index in [4.69, 9.17) is 0 Å². The van der Waals surface area contributed by atoms with E-state index in [1.807, 2.05) is 11.3 Å². The summed E-state index contributed by atoms with van der Waals surface area (Å²) in [5.74, 6) is 0. The number of benzene rings is 10. The van der Waals surface area contributed by atoms with Crippen LogP contribution in [0.2, 0.25) is 0 Å². The monoisotopic (exact) mass is 742 g/mol. The Hall–Kier alpha value is -7.20. The van der Waals surface area contributed by atoms with E-state index in [1.165, 1.54) is 96.8 Å². The molecule has 0 N–H and O–H groups in total. The zero-order chi connectivity index (χ0) is 37.5. The summed E-state index contributed by atoms with van der Waals surface area (Å²) in [6.45, 7) is 0. The van der Waals surface area contributed by atoms with Crippen molar-refractivity contribution in [1.82, 2.24) is 4.57 Å². The molecule has 2 nitrogen and oxygen atoms in total. The largest absolute Gasteiger partial charge is 0.309 e. The predicted molar refractivity (Wildman–Crippen MR) is 246 cm³/mol. The standard InChI is InChI=1S/C54H34N2S/c1-2-13-37(14-3-1)56-50-22-10-8-19-45(50)49-33-36(27-32-51(49)56)35-25-28-38(29-26-35)55(52-23-12-21-47-46-20-9-11-24-53(46)57-54(47)52)39-30-31-44-42-17-5-4-15-40(42)41-16-6-7-18-43(41)48(44)34-39/h1-34H. The Morgan fingerprint density at radius 1 is 0.333 bits per heavy atom. The minimum absolute atomic E-state index is 1.12. The highest BCUT2D eigenvalue weighted by Gasteiger charge is 2.20. The minimum Gasteiger partial charge on any atom is -0.309 e. The molecule has 0 aliphatic heterocycles. The van der Waals surface area contributed by atoms with Gasteiger partial charge in [-0.2, -0.15) is 0 Å². The first kappa shape index (κ1) is 32.1. The summed E-state index contributed by atoms with van der Waals surface area (Å²) >= 11 is 1.87. The molecule has 0 amide bonds. The minimum atomic E-state index is 1.12. The highest BCUT2D eigenvalue weighted by Crippen LogP contribution is 2.47. The number of hydrogen-bond acceptors (Lipinski definition) is 2. The van der Waals surface area contributed by atoms with E-state index in [1.54, 1.807) is 0 Å². The molecular formula is C54H34N2S. The van der Waals surface area contributed by atoms with Crippen LogP contribution >= 0.6 is 11.3 Å². The third kappa shape index (κ3) is 4.96. The maximum absolute atomic E-state index is 2.46. The quantitative estimate of drug-likeness (QED) is 0.159. The van der Waals surface area contributed by atoms with Crippen LogP contribution in [0.3, 0.4) is 0 Å². The molecule has 12 rings (SSSR count). The molecule has 12 aromatic rings. The fourth-order valence-corrected chi connectivity index (χ4v) is 10.4. The highest BCUT2D eigenvalue weighted by atomic mass is 32.1. The lowest BCUT2D eigenvalue weighted by Gasteiger charge is -2.27. The van der Waals surface area contributed by atoms with Crippen molar-refractivity contribution in [3.63, 3.8) is 0 Å². The molecule has 10 aromatic carbocycles. The average molecular weight is 743 g/mol. The van der Waals surface area contributed by atoms with Gasteiger partial charge in [-0.1, -0.05) is 140 Å². The number of hydrogen-bond donors (Lipinski definition) is 0. The van der Waals surface area contributed by atoms with Gasteiger partial charge in [0.1, 0.15) is 0 Å². The van der Waals surface area contributed by atoms with Crippen LogP contribution in [0.4, 0.5) is 17.1 Å². The second-order valence-electron chi connectivity index (χ2n) is 14.9. The van der Waals surface area contributed by atoms with Crippen molar-refractivity contribution in [2.24, 2.45) is 0 Å². The van der Waals surface area contributed by atoms with Gasteiger partial charge in [-0.05, 0) is 110 Å². The summed E-state index contributed by atoms with van der Waals surface area (Å²) < 4.78 is 4.96. The van der Waals surface area contributed by atoms with Gasteiger partial charge in [-0.25, -0.2) is 0 Å². The van der Waals surface area contributed by atoms with Gasteiger partial charge in [0.25, 0.3) is 0 Å². The van der Waals surface area contributed by atoms with E-state index < -0.39 is 0 Å². The molecular weight excluding hydrogens is 709 g/mol. The fourth-order valence-electron chi connectivity index (χ4n) is 9.18. The second kappa shape index (κ2) is 12.7. The number of anilines is 3. The molecule has 2 heterocycles. The van der Waals surface area contributed by atoms with E-state index in [9.17, 15) is 0 Å². The number of rotatable bonds is 5. The molecule has 57 heavy (non-hydrogen) atoms. The van der Waals surface area contributed by atoms with Crippen LogP contribution in [0.25, 0.3) is 91.1 Å². The molecule has 0 bridgehead atoms. The van der Waals surface area contributed by atoms with Gasteiger partial charge in [0.05, 0.1) is 21.4 Å². The fraction of sp³-hybridized carbons (Fsp3) is 0. The van der Waals surface area contributed by atoms with Gasteiger partial charge < -0.3 is 9.47 Å². The highest BCUT2D eigenvalue weighted by molar-refractivity contribution is 7.26. The summed E-state index contributed by atoms with van der Waals surface area (Å²) in [7, 11) is 0. The molecule has 0 unspecified atom stereocenters. The Balaban J connectivity index is 1.04. The molecule has 0 fully saturated rings. The third-order valence-corrected chi connectivity index (χ3v) is 13.0. The molecule has 2 aromatic heterocycles. The molecule has 0 spiro atoms. The molecule has 266 valence electrons. The summed E-state index contributed by atoms with van der Waals surface area (Å²) in [5, 5.41) is 12.8. The number of para-hydroxylation sites is 2. The van der Waals surface area contributed by atoms with Crippen LogP contribution in [-0.2, 0) is 0 Å². The number of thiophene rings is 1. The normalized spacial score (nSPS) is 11.9. The Morgan fingerprint density at radius 2 is 0.895 bits per heavy atom. The smallest absolute Gasteiger partial charge is 0.0640 e. The van der Waals surface area contributed by atoms with Crippen LogP contribution in [0.15, 0.2) is 206 Å². The van der Waals surface area contributed by atoms with Crippen molar-refractivity contribution in [2.45, 2.75) is 0 Å². The molecule has 0 aliphatic carbocycles. The van der Waals surface area contributed by atoms with E-state index in [2.05, 4.69) is 216 Å². The lowest BCUT2D eigenvalue weighted by molar-refractivity contribution is 1.18. The first-order chi connectivity index (χ1) is 28.3. The van der Waals surface area contributed by atoms with Crippen LogP contribution in [-0.4, -0.2) is 4.57 Å². The van der Waals surface area contributed by atoms with Gasteiger partial charge in [0, 0.05) is 43.3 Å². The number of nitrogens with zero attached hydrogens (tertiary/aromatic N) is 2. The molecule has 0 atom stereocenters. The van der Waals surface area contributed by atoms with Crippen LogP contribution in [0, 0.1) is 0 Å². The first-order valence-corrected chi connectivity index (χ1v) is 20.3. The zero-order valence-corrected chi connectivity index (χ0v) is 31.7. The van der Waals surface area contributed by atoms with Gasteiger partial charge >= 0.3 is 0 Å². The molecule has 0 saturated heterocycles. The Morgan fingerprint density at radius 3 is 1.65 bits per heavy atom. The topological polar surface area (TPSA) is 8.17 Å². The summed E-state index contributed by atoms with van der Waals surface area (Å²) in [5.41, 5.74) is 9.42. The first-order valence-electron chi connectivity index (χ1n) is 19.5. The Labute approximate surface area is 333 Å².